The predicted octanol–water partition coefficient (Wildman–Crippen LogP) is -2.01. The molecule has 0 saturated carbocycles. The van der Waals surface area contributed by atoms with E-state index in [9.17, 15) is 14.7 Å². The van der Waals surface area contributed by atoms with Crippen LogP contribution in [0, 0.1) is 0 Å². The fourth-order valence-corrected chi connectivity index (χ4v) is 1.22. The third kappa shape index (κ3) is 7.70. The SMILES string of the molecule is C[N+](C)(CCCNCC=O)CC(=O)[O-]. The van der Waals surface area contributed by atoms with Gasteiger partial charge in [-0.1, -0.05) is 0 Å². The number of nitrogens with zero attached hydrogens (tertiary/aromatic N) is 1. The average Bonchev–Trinajstić information content (AvgIpc) is 2.01. The molecule has 1 N–H and O–H groups in total. The Bertz CT molecular complexity index is 192. The summed E-state index contributed by atoms with van der Waals surface area (Å²) in [4.78, 5) is 20.3. The van der Waals surface area contributed by atoms with Crippen molar-refractivity contribution in [3.63, 3.8) is 0 Å². The molecule has 0 fully saturated rings. The molecule has 0 atom stereocenters. The van der Waals surface area contributed by atoms with Crippen LogP contribution in [0.4, 0.5) is 0 Å². The molecule has 14 heavy (non-hydrogen) atoms. The Morgan fingerprint density at radius 3 is 2.64 bits per heavy atom. The number of aldehydes is 1. The van der Waals surface area contributed by atoms with Gasteiger partial charge in [0, 0.05) is 13.0 Å². The van der Waals surface area contributed by atoms with Gasteiger partial charge in [-0.25, -0.2) is 0 Å². The molecule has 0 amide bonds. The fraction of sp³-hybridized carbons (Fsp3) is 0.778. The summed E-state index contributed by atoms with van der Waals surface area (Å²) in [5, 5.41) is 13.3. The van der Waals surface area contributed by atoms with E-state index in [1.165, 1.54) is 0 Å². The number of carbonyl (C=O) groups is 2. The van der Waals surface area contributed by atoms with E-state index < -0.39 is 5.97 Å². The summed E-state index contributed by atoms with van der Waals surface area (Å²) in [6, 6.07) is 0. The molecule has 5 heteroatoms. The van der Waals surface area contributed by atoms with Crippen molar-refractivity contribution in [3.05, 3.63) is 0 Å². The maximum Gasteiger partial charge on any atom is 0.133 e. The van der Waals surface area contributed by atoms with Crippen LogP contribution in [-0.4, -0.2) is 57.0 Å². The van der Waals surface area contributed by atoms with E-state index in [0.717, 1.165) is 25.8 Å². The lowest BCUT2D eigenvalue weighted by atomic mass is 10.3. The Kier molecular flexibility index (Phi) is 6.07. The van der Waals surface area contributed by atoms with Gasteiger partial charge in [0.05, 0.1) is 33.2 Å². The highest BCUT2D eigenvalue weighted by Crippen LogP contribution is 1.97. The summed E-state index contributed by atoms with van der Waals surface area (Å²) in [5.41, 5.74) is 0. The number of hydrogen-bond acceptors (Lipinski definition) is 4. The van der Waals surface area contributed by atoms with E-state index in [1.54, 1.807) is 0 Å². The molecule has 0 aliphatic heterocycles. The molecule has 0 aliphatic carbocycles. The highest BCUT2D eigenvalue weighted by molar-refractivity contribution is 5.65. The van der Waals surface area contributed by atoms with E-state index in [2.05, 4.69) is 5.32 Å². The fourth-order valence-electron chi connectivity index (χ4n) is 1.22. The smallest absolute Gasteiger partial charge is 0.133 e. The zero-order chi connectivity index (χ0) is 11.0. The number of likely N-dealkylation sites (N-methyl/N-ethyl adjacent to an activating group) is 1. The largest absolute Gasteiger partial charge is 0.544 e. The van der Waals surface area contributed by atoms with E-state index in [4.69, 9.17) is 0 Å². The Labute approximate surface area is 84.3 Å². The molecule has 0 aromatic carbocycles. The first-order valence-corrected chi connectivity index (χ1v) is 4.64. The maximum absolute atomic E-state index is 10.4. The van der Waals surface area contributed by atoms with Crippen LogP contribution in [0.1, 0.15) is 6.42 Å². The molecular weight excluding hydrogens is 184 g/mol. The molecule has 0 bridgehead atoms. The number of carboxylic acid groups (broad SMARTS) is 1. The Morgan fingerprint density at radius 2 is 2.14 bits per heavy atom. The average molecular weight is 202 g/mol. The number of hydrogen-bond donors (Lipinski definition) is 1. The minimum absolute atomic E-state index is 0.0215. The van der Waals surface area contributed by atoms with Crippen molar-refractivity contribution in [1.82, 2.24) is 5.32 Å². The minimum atomic E-state index is -1.03. The van der Waals surface area contributed by atoms with Crippen molar-refractivity contribution in [3.8, 4) is 0 Å². The molecule has 0 unspecified atom stereocenters. The first-order chi connectivity index (χ1) is 6.48. The van der Waals surface area contributed by atoms with Gasteiger partial charge in [0.25, 0.3) is 0 Å². The van der Waals surface area contributed by atoms with Crippen molar-refractivity contribution in [1.29, 1.82) is 0 Å². The van der Waals surface area contributed by atoms with Crippen LogP contribution >= 0.6 is 0 Å². The van der Waals surface area contributed by atoms with Gasteiger partial charge in [-0.15, -0.1) is 0 Å². The highest BCUT2D eigenvalue weighted by Gasteiger charge is 2.13. The Morgan fingerprint density at radius 1 is 1.50 bits per heavy atom. The normalized spacial score (nSPS) is 11.3. The first kappa shape index (κ1) is 13.1. The van der Waals surface area contributed by atoms with Crippen molar-refractivity contribution >= 4 is 12.3 Å². The molecule has 0 heterocycles. The molecule has 0 radical (unpaired) electrons. The van der Waals surface area contributed by atoms with E-state index >= 15 is 0 Å². The van der Waals surface area contributed by atoms with E-state index in [1.807, 2.05) is 14.1 Å². The minimum Gasteiger partial charge on any atom is -0.544 e. The molecular formula is C9H18N2O3. The van der Waals surface area contributed by atoms with Crippen LogP contribution in [0.25, 0.3) is 0 Å². The number of carbonyl (C=O) groups excluding carboxylic acids is 2. The quantitative estimate of drug-likeness (QED) is 0.280. The molecule has 0 aromatic heterocycles. The number of quaternary nitrogens is 1. The molecule has 0 aliphatic rings. The number of aliphatic carboxylic acids is 1. The third-order valence-electron chi connectivity index (χ3n) is 1.90. The number of nitrogens with one attached hydrogen (secondary N) is 1. The summed E-state index contributed by atoms with van der Waals surface area (Å²) in [6.07, 6.45) is 1.65. The van der Waals surface area contributed by atoms with Crippen LogP contribution in [-0.2, 0) is 9.59 Å². The summed E-state index contributed by atoms with van der Waals surface area (Å²) in [5.74, 6) is -1.03. The van der Waals surface area contributed by atoms with Crippen molar-refractivity contribution in [2.24, 2.45) is 0 Å². The van der Waals surface area contributed by atoms with Crippen molar-refractivity contribution in [2.75, 3.05) is 40.3 Å². The maximum atomic E-state index is 10.4. The third-order valence-corrected chi connectivity index (χ3v) is 1.90. The lowest BCUT2D eigenvalue weighted by Gasteiger charge is -2.30. The van der Waals surface area contributed by atoms with Gasteiger partial charge in [-0.3, -0.25) is 0 Å². The van der Waals surface area contributed by atoms with Gasteiger partial charge in [-0.2, -0.15) is 0 Å². The van der Waals surface area contributed by atoms with Crippen LogP contribution in [0.3, 0.4) is 0 Å². The van der Waals surface area contributed by atoms with Crippen LogP contribution < -0.4 is 10.4 Å². The van der Waals surface area contributed by atoms with E-state index in [0.29, 0.717) is 11.0 Å². The topological polar surface area (TPSA) is 69.2 Å². The lowest BCUT2D eigenvalue weighted by molar-refractivity contribution is -0.884. The first-order valence-electron chi connectivity index (χ1n) is 4.64. The van der Waals surface area contributed by atoms with Gasteiger partial charge in [0.15, 0.2) is 0 Å². The van der Waals surface area contributed by atoms with Crippen LogP contribution in [0.15, 0.2) is 0 Å². The molecule has 0 rings (SSSR count). The molecule has 82 valence electrons. The standard InChI is InChI=1S/C9H18N2O3/c1-11(2,8-9(13)14)6-3-4-10-5-7-12/h7,10H,3-6,8H2,1-2H3. The van der Waals surface area contributed by atoms with Crippen LogP contribution in [0.2, 0.25) is 0 Å². The predicted molar refractivity (Wildman–Crippen MR) is 50.4 cm³/mol. The molecule has 5 nitrogen and oxygen atoms in total. The second-order valence-corrected chi connectivity index (χ2v) is 3.91. The highest BCUT2D eigenvalue weighted by atomic mass is 16.4. The molecule has 0 aromatic rings. The molecule has 0 spiro atoms. The number of carboxylic acids is 1. The summed E-state index contributed by atoms with van der Waals surface area (Å²) >= 11 is 0. The van der Waals surface area contributed by atoms with Gasteiger partial charge >= 0.3 is 0 Å². The van der Waals surface area contributed by atoms with Crippen molar-refractivity contribution in [2.45, 2.75) is 6.42 Å². The number of rotatable bonds is 8. The van der Waals surface area contributed by atoms with Gasteiger partial charge < -0.3 is 24.5 Å². The van der Waals surface area contributed by atoms with Gasteiger partial charge in [0.2, 0.25) is 0 Å². The monoisotopic (exact) mass is 202 g/mol. The lowest BCUT2D eigenvalue weighted by Crippen LogP contribution is -2.49. The van der Waals surface area contributed by atoms with E-state index in [-0.39, 0.29) is 6.54 Å². The van der Waals surface area contributed by atoms with Gasteiger partial charge in [-0.05, 0) is 0 Å². The summed E-state index contributed by atoms with van der Waals surface area (Å²) in [7, 11) is 3.69. The zero-order valence-corrected chi connectivity index (χ0v) is 8.78. The zero-order valence-electron chi connectivity index (χ0n) is 8.78. The second kappa shape index (κ2) is 6.50. The molecule has 0 saturated heterocycles. The van der Waals surface area contributed by atoms with Crippen LogP contribution in [0.5, 0.6) is 0 Å². The summed E-state index contributed by atoms with van der Waals surface area (Å²) in [6.45, 7) is 1.86. The summed E-state index contributed by atoms with van der Waals surface area (Å²) < 4.78 is 0.408. The van der Waals surface area contributed by atoms with Gasteiger partial charge in [0.1, 0.15) is 12.8 Å². The van der Waals surface area contributed by atoms with Crippen molar-refractivity contribution < 1.29 is 19.2 Å². The Hall–Kier alpha value is -0.940. The Balaban J connectivity index is 3.54. The second-order valence-electron chi connectivity index (χ2n) is 3.91.